The van der Waals surface area contributed by atoms with E-state index in [1.54, 1.807) is 18.2 Å². The van der Waals surface area contributed by atoms with Gasteiger partial charge in [-0.2, -0.15) is 0 Å². The fraction of sp³-hybridized carbons (Fsp3) is 0.278. The van der Waals surface area contributed by atoms with E-state index in [1.807, 2.05) is 43.3 Å². The van der Waals surface area contributed by atoms with Crippen LogP contribution in [0.15, 0.2) is 54.6 Å². The maximum absolute atomic E-state index is 12.0. The molecule has 1 amide bonds. The van der Waals surface area contributed by atoms with Crippen LogP contribution >= 0.6 is 11.6 Å². The van der Waals surface area contributed by atoms with Gasteiger partial charge in [-0.25, -0.2) is 0 Å². The number of carbonyl (C=O) groups excluding carboxylic acids is 1. The van der Waals surface area contributed by atoms with Crippen molar-refractivity contribution in [2.45, 2.75) is 25.4 Å². The van der Waals surface area contributed by atoms with Gasteiger partial charge in [-0.3, -0.25) is 4.79 Å². The number of amides is 1. The van der Waals surface area contributed by atoms with Crippen molar-refractivity contribution < 1.29 is 9.90 Å². The lowest BCUT2D eigenvalue weighted by atomic mass is 9.97. The van der Waals surface area contributed by atoms with Crippen LogP contribution in [0.5, 0.6) is 0 Å². The fourth-order valence-electron chi connectivity index (χ4n) is 2.32. The summed E-state index contributed by atoms with van der Waals surface area (Å²) in [4.78, 5) is 12.0. The zero-order valence-electron chi connectivity index (χ0n) is 12.5. The molecule has 0 aliphatic heterocycles. The van der Waals surface area contributed by atoms with Crippen LogP contribution in [0.2, 0.25) is 5.02 Å². The third kappa shape index (κ3) is 4.58. The lowest BCUT2D eigenvalue weighted by Gasteiger charge is -2.15. The van der Waals surface area contributed by atoms with E-state index in [1.165, 1.54) is 0 Å². The summed E-state index contributed by atoms with van der Waals surface area (Å²) in [6.07, 6.45) is -0.413. The Morgan fingerprint density at radius 1 is 1.14 bits per heavy atom. The molecule has 0 spiro atoms. The Morgan fingerprint density at radius 2 is 1.77 bits per heavy atom. The number of hydrogen-bond acceptors (Lipinski definition) is 2. The molecule has 0 heterocycles. The van der Waals surface area contributed by atoms with Crippen molar-refractivity contribution in [3.63, 3.8) is 0 Å². The van der Waals surface area contributed by atoms with E-state index in [2.05, 4.69) is 5.32 Å². The molecular formula is C18H20ClNO2. The minimum Gasteiger partial charge on any atom is -0.387 e. The maximum Gasteiger partial charge on any atom is 0.220 e. The second-order valence-corrected chi connectivity index (χ2v) is 5.76. The van der Waals surface area contributed by atoms with Crippen molar-refractivity contribution in [3.05, 3.63) is 70.7 Å². The van der Waals surface area contributed by atoms with E-state index in [0.29, 0.717) is 17.0 Å². The summed E-state index contributed by atoms with van der Waals surface area (Å²) in [5.74, 6) is 0.0566. The Balaban J connectivity index is 1.84. The van der Waals surface area contributed by atoms with Crippen molar-refractivity contribution in [1.29, 1.82) is 0 Å². The van der Waals surface area contributed by atoms with Gasteiger partial charge in [0.15, 0.2) is 0 Å². The first-order valence-electron chi connectivity index (χ1n) is 7.32. The number of aliphatic hydroxyl groups is 1. The zero-order valence-corrected chi connectivity index (χ0v) is 13.3. The number of nitrogens with one attached hydrogen (secondary N) is 1. The van der Waals surface area contributed by atoms with E-state index >= 15 is 0 Å². The summed E-state index contributed by atoms with van der Waals surface area (Å²) < 4.78 is 0. The Morgan fingerprint density at radius 3 is 2.45 bits per heavy atom. The summed E-state index contributed by atoms with van der Waals surface area (Å²) in [6.45, 7) is 2.17. The van der Waals surface area contributed by atoms with Crippen molar-refractivity contribution in [2.75, 3.05) is 6.54 Å². The number of carbonyl (C=O) groups is 1. The monoisotopic (exact) mass is 317 g/mol. The van der Waals surface area contributed by atoms with Crippen LogP contribution < -0.4 is 5.32 Å². The quantitative estimate of drug-likeness (QED) is 0.853. The van der Waals surface area contributed by atoms with Gasteiger partial charge < -0.3 is 10.4 Å². The zero-order chi connectivity index (χ0) is 15.9. The number of rotatable bonds is 6. The highest BCUT2D eigenvalue weighted by Gasteiger charge is 2.14. The Bertz CT molecular complexity index is 615. The van der Waals surface area contributed by atoms with Gasteiger partial charge in [0.05, 0.1) is 6.10 Å². The SMILES string of the molecule is CC(CC(=O)NCC(O)c1ccccc1Cl)c1ccccc1. The van der Waals surface area contributed by atoms with Gasteiger partial charge in [0.25, 0.3) is 0 Å². The molecular weight excluding hydrogens is 298 g/mol. The molecule has 2 atom stereocenters. The van der Waals surface area contributed by atoms with Crippen LogP contribution in [0, 0.1) is 0 Å². The predicted octanol–water partition coefficient (Wildman–Crippen LogP) is 3.68. The lowest BCUT2D eigenvalue weighted by Crippen LogP contribution is -2.29. The molecule has 0 aromatic heterocycles. The number of aliphatic hydroxyl groups excluding tert-OH is 1. The Kier molecular flexibility index (Phi) is 5.99. The van der Waals surface area contributed by atoms with Crippen LogP contribution in [-0.4, -0.2) is 17.6 Å². The standard InChI is InChI=1S/C18H20ClNO2/c1-13(14-7-3-2-4-8-14)11-18(22)20-12-17(21)15-9-5-6-10-16(15)19/h2-10,13,17,21H,11-12H2,1H3,(H,20,22). The van der Waals surface area contributed by atoms with E-state index in [-0.39, 0.29) is 18.4 Å². The molecule has 2 aromatic carbocycles. The molecule has 0 saturated heterocycles. The average Bonchev–Trinajstić information content (AvgIpc) is 2.54. The molecule has 4 heteroatoms. The summed E-state index contributed by atoms with van der Waals surface area (Å²) in [5, 5.41) is 13.4. The summed E-state index contributed by atoms with van der Waals surface area (Å²) in [7, 11) is 0. The van der Waals surface area contributed by atoms with Gasteiger partial charge in [-0.15, -0.1) is 0 Å². The average molecular weight is 318 g/mol. The molecule has 3 nitrogen and oxygen atoms in total. The van der Waals surface area contributed by atoms with Crippen LogP contribution in [0.1, 0.15) is 36.5 Å². The second kappa shape index (κ2) is 7.97. The minimum atomic E-state index is -0.801. The maximum atomic E-state index is 12.0. The Hall–Kier alpha value is -1.84. The number of benzene rings is 2. The fourth-order valence-corrected chi connectivity index (χ4v) is 2.58. The number of halogens is 1. The van der Waals surface area contributed by atoms with Gasteiger partial charge in [-0.1, -0.05) is 67.1 Å². The summed E-state index contributed by atoms with van der Waals surface area (Å²) in [5.41, 5.74) is 1.75. The molecule has 0 aliphatic carbocycles. The van der Waals surface area contributed by atoms with Gasteiger partial charge in [-0.05, 0) is 17.5 Å². The molecule has 22 heavy (non-hydrogen) atoms. The minimum absolute atomic E-state index is 0.0811. The third-order valence-electron chi connectivity index (χ3n) is 3.62. The van der Waals surface area contributed by atoms with E-state index in [0.717, 1.165) is 5.56 Å². The molecule has 0 saturated carbocycles. The van der Waals surface area contributed by atoms with E-state index in [9.17, 15) is 9.90 Å². The predicted molar refractivity (Wildman–Crippen MR) is 88.9 cm³/mol. The molecule has 2 rings (SSSR count). The highest BCUT2D eigenvalue weighted by Crippen LogP contribution is 2.22. The van der Waals surface area contributed by atoms with Crippen LogP contribution in [0.4, 0.5) is 0 Å². The molecule has 0 aliphatic rings. The highest BCUT2D eigenvalue weighted by molar-refractivity contribution is 6.31. The Labute approximate surface area is 135 Å². The smallest absolute Gasteiger partial charge is 0.220 e. The van der Waals surface area contributed by atoms with Gasteiger partial charge in [0.1, 0.15) is 0 Å². The third-order valence-corrected chi connectivity index (χ3v) is 3.96. The van der Waals surface area contributed by atoms with Crippen molar-refractivity contribution in [3.8, 4) is 0 Å². The van der Waals surface area contributed by atoms with Crippen molar-refractivity contribution in [1.82, 2.24) is 5.32 Å². The first-order valence-corrected chi connectivity index (χ1v) is 7.70. The molecule has 2 unspecified atom stereocenters. The van der Waals surface area contributed by atoms with E-state index < -0.39 is 6.10 Å². The highest BCUT2D eigenvalue weighted by atomic mass is 35.5. The summed E-state index contributed by atoms with van der Waals surface area (Å²) in [6, 6.07) is 17.0. The van der Waals surface area contributed by atoms with Crippen LogP contribution in [-0.2, 0) is 4.79 Å². The van der Waals surface area contributed by atoms with E-state index in [4.69, 9.17) is 11.6 Å². The largest absolute Gasteiger partial charge is 0.387 e. The first kappa shape index (κ1) is 16.5. The van der Waals surface area contributed by atoms with Crippen molar-refractivity contribution in [2.24, 2.45) is 0 Å². The topological polar surface area (TPSA) is 49.3 Å². The molecule has 0 radical (unpaired) electrons. The molecule has 2 aromatic rings. The lowest BCUT2D eigenvalue weighted by molar-refractivity contribution is -0.121. The van der Waals surface area contributed by atoms with Gasteiger partial charge >= 0.3 is 0 Å². The molecule has 0 fully saturated rings. The van der Waals surface area contributed by atoms with Gasteiger partial charge in [0, 0.05) is 23.6 Å². The van der Waals surface area contributed by atoms with Gasteiger partial charge in [0.2, 0.25) is 5.91 Å². The molecule has 0 bridgehead atoms. The van der Waals surface area contributed by atoms with Crippen molar-refractivity contribution >= 4 is 17.5 Å². The number of hydrogen-bond donors (Lipinski definition) is 2. The first-order chi connectivity index (χ1) is 10.6. The molecule has 2 N–H and O–H groups in total. The van der Waals surface area contributed by atoms with Crippen LogP contribution in [0.25, 0.3) is 0 Å². The second-order valence-electron chi connectivity index (χ2n) is 5.36. The normalized spacial score (nSPS) is 13.4. The summed E-state index contributed by atoms with van der Waals surface area (Å²) >= 11 is 6.03. The van der Waals surface area contributed by atoms with Crippen LogP contribution in [0.3, 0.4) is 0 Å². The molecule has 116 valence electrons.